The molecule has 0 unspecified atom stereocenters. The van der Waals surface area contributed by atoms with Gasteiger partial charge < -0.3 is 4.90 Å². The van der Waals surface area contributed by atoms with E-state index in [1.807, 2.05) is 36.1 Å². The van der Waals surface area contributed by atoms with E-state index in [2.05, 4.69) is 4.99 Å². The molecular weight excluding hydrogens is 418 g/mol. The first kappa shape index (κ1) is 21.1. The van der Waals surface area contributed by atoms with Gasteiger partial charge in [-0.05, 0) is 68.7 Å². The number of amides is 1. The van der Waals surface area contributed by atoms with Gasteiger partial charge in [-0.3, -0.25) is 9.69 Å². The van der Waals surface area contributed by atoms with E-state index in [1.54, 1.807) is 17.0 Å². The first-order valence-electron chi connectivity index (χ1n) is 9.91. The monoisotopic (exact) mass is 438 g/mol. The van der Waals surface area contributed by atoms with Gasteiger partial charge in [-0.2, -0.15) is 10.3 Å². The average Bonchev–Trinajstić information content (AvgIpc) is 2.96. The molecule has 8 heteroatoms. The Kier molecular flexibility index (Phi) is 5.31. The van der Waals surface area contributed by atoms with E-state index in [1.165, 1.54) is 19.1 Å². The van der Waals surface area contributed by atoms with Crippen molar-refractivity contribution in [1.82, 2.24) is 0 Å². The van der Waals surface area contributed by atoms with Crippen LogP contribution >= 0.6 is 12.2 Å². The molecule has 0 radical (unpaired) electrons. The highest BCUT2D eigenvalue weighted by Gasteiger charge is 2.58. The van der Waals surface area contributed by atoms with Crippen LogP contribution in [0, 0.1) is 18.3 Å². The summed E-state index contributed by atoms with van der Waals surface area (Å²) in [7, 11) is 0. The molecule has 0 bridgehead atoms. The molecule has 5 nitrogen and oxygen atoms in total. The number of aliphatic imine (C=N–C) groups is 1. The first-order chi connectivity index (χ1) is 14.8. The molecule has 1 spiro atoms. The van der Waals surface area contributed by atoms with Crippen LogP contribution in [0.25, 0.3) is 0 Å². The second kappa shape index (κ2) is 7.82. The van der Waals surface area contributed by atoms with Crippen molar-refractivity contribution in [2.24, 2.45) is 4.99 Å². The highest BCUT2D eigenvalue weighted by molar-refractivity contribution is 7.81. The summed E-state index contributed by atoms with van der Waals surface area (Å²) in [6, 6.07) is 13.9. The Balaban J connectivity index is 1.90. The van der Waals surface area contributed by atoms with Gasteiger partial charge in [0.15, 0.2) is 5.11 Å². The standard InChI is InChI=1S/C23H20F2N4OS/c1-14-4-7-17(8-5-14)29-22(31)28(21(27-15(2)30)23(29)10-3-11-23)18-9-6-16(13-26)19(12-18)20(24)25/h4-9,12,20H,3,10-11H2,1-2H3. The van der Waals surface area contributed by atoms with Gasteiger partial charge in [-0.1, -0.05) is 17.7 Å². The quantitative estimate of drug-likeness (QED) is 0.610. The normalized spacial score (nSPS) is 18.6. The van der Waals surface area contributed by atoms with Crippen molar-refractivity contribution in [3.8, 4) is 6.07 Å². The molecule has 1 saturated heterocycles. The van der Waals surface area contributed by atoms with Crippen LogP contribution in [0.2, 0.25) is 0 Å². The van der Waals surface area contributed by atoms with Gasteiger partial charge >= 0.3 is 0 Å². The van der Waals surface area contributed by atoms with Gasteiger partial charge in [0.1, 0.15) is 11.4 Å². The molecule has 0 N–H and O–H groups in total. The average molecular weight is 439 g/mol. The Morgan fingerprint density at radius 2 is 1.84 bits per heavy atom. The lowest BCUT2D eigenvalue weighted by atomic mass is 9.74. The molecule has 31 heavy (non-hydrogen) atoms. The van der Waals surface area contributed by atoms with Crippen LogP contribution in [-0.4, -0.2) is 22.4 Å². The van der Waals surface area contributed by atoms with Crippen LogP contribution in [0.15, 0.2) is 47.5 Å². The van der Waals surface area contributed by atoms with Gasteiger partial charge in [-0.25, -0.2) is 8.78 Å². The SMILES string of the molecule is CC(=O)N=C1N(c2ccc(C#N)c(C(F)F)c2)C(=S)N(c2ccc(C)cc2)C12CCC2. The predicted octanol–water partition coefficient (Wildman–Crippen LogP) is 5.28. The molecule has 1 saturated carbocycles. The number of hydrogen-bond acceptors (Lipinski definition) is 3. The van der Waals surface area contributed by atoms with Crippen LogP contribution < -0.4 is 9.80 Å². The number of carbonyl (C=O) groups is 1. The third kappa shape index (κ3) is 3.39. The number of nitriles is 1. The number of benzene rings is 2. The van der Waals surface area contributed by atoms with Crippen molar-refractivity contribution >= 4 is 40.4 Å². The van der Waals surface area contributed by atoms with E-state index in [-0.39, 0.29) is 17.0 Å². The number of rotatable bonds is 3. The number of amidine groups is 1. The van der Waals surface area contributed by atoms with E-state index in [9.17, 15) is 18.8 Å². The molecule has 2 aliphatic rings. The van der Waals surface area contributed by atoms with E-state index in [0.717, 1.165) is 30.5 Å². The van der Waals surface area contributed by atoms with Crippen molar-refractivity contribution < 1.29 is 13.6 Å². The molecule has 2 fully saturated rings. The lowest BCUT2D eigenvalue weighted by Gasteiger charge is -2.44. The van der Waals surface area contributed by atoms with Crippen LogP contribution in [0.5, 0.6) is 0 Å². The zero-order chi connectivity index (χ0) is 22.3. The summed E-state index contributed by atoms with van der Waals surface area (Å²) in [5, 5.41) is 9.56. The van der Waals surface area contributed by atoms with Crippen molar-refractivity contribution in [3.63, 3.8) is 0 Å². The third-order valence-corrected chi connectivity index (χ3v) is 6.19. The van der Waals surface area contributed by atoms with E-state index >= 15 is 0 Å². The Morgan fingerprint density at radius 3 is 2.35 bits per heavy atom. The fourth-order valence-electron chi connectivity index (χ4n) is 4.20. The minimum absolute atomic E-state index is 0.0947. The number of hydrogen-bond donors (Lipinski definition) is 0. The lowest BCUT2D eigenvalue weighted by Crippen LogP contribution is -2.55. The maximum Gasteiger partial charge on any atom is 0.265 e. The van der Waals surface area contributed by atoms with Crippen molar-refractivity contribution in [2.75, 3.05) is 9.80 Å². The number of alkyl halides is 2. The third-order valence-electron chi connectivity index (χ3n) is 5.82. The van der Waals surface area contributed by atoms with Gasteiger partial charge in [0, 0.05) is 18.2 Å². The largest absolute Gasteiger partial charge is 0.305 e. The van der Waals surface area contributed by atoms with Crippen molar-refractivity contribution in [2.45, 2.75) is 45.1 Å². The van der Waals surface area contributed by atoms with Gasteiger partial charge in [0.2, 0.25) is 5.91 Å². The lowest BCUT2D eigenvalue weighted by molar-refractivity contribution is -0.115. The minimum Gasteiger partial charge on any atom is -0.305 e. The molecule has 1 heterocycles. The Bertz CT molecular complexity index is 1130. The number of carbonyl (C=O) groups excluding carboxylic acids is 1. The Labute approximate surface area is 184 Å². The second-order valence-corrected chi connectivity index (χ2v) is 8.18. The molecule has 2 aromatic rings. The van der Waals surface area contributed by atoms with Gasteiger partial charge in [-0.15, -0.1) is 0 Å². The molecule has 0 aromatic heterocycles. The Morgan fingerprint density at radius 1 is 1.19 bits per heavy atom. The highest BCUT2D eigenvalue weighted by atomic mass is 32.1. The number of aryl methyl sites for hydroxylation is 1. The summed E-state index contributed by atoms with van der Waals surface area (Å²) in [5.41, 5.74) is 1.25. The molecule has 158 valence electrons. The molecule has 1 amide bonds. The fraction of sp³-hybridized carbons (Fsp3) is 0.304. The molecule has 1 aliphatic heterocycles. The summed E-state index contributed by atoms with van der Waals surface area (Å²) in [6.07, 6.45) is -0.404. The number of nitrogens with zero attached hydrogens (tertiary/aromatic N) is 4. The summed E-state index contributed by atoms with van der Waals surface area (Å²) >= 11 is 5.82. The Hall–Kier alpha value is -3.18. The highest BCUT2D eigenvalue weighted by Crippen LogP contribution is 2.48. The van der Waals surface area contributed by atoms with E-state index in [0.29, 0.717) is 16.6 Å². The zero-order valence-corrected chi connectivity index (χ0v) is 17.9. The smallest absolute Gasteiger partial charge is 0.265 e. The first-order valence-corrected chi connectivity index (χ1v) is 10.3. The van der Waals surface area contributed by atoms with Crippen molar-refractivity contribution in [1.29, 1.82) is 5.26 Å². The second-order valence-electron chi connectivity index (χ2n) is 7.81. The molecule has 1 aliphatic carbocycles. The topological polar surface area (TPSA) is 59.7 Å². The number of halogens is 2. The van der Waals surface area contributed by atoms with Crippen molar-refractivity contribution in [3.05, 3.63) is 59.2 Å². The molecular formula is C23H20F2N4OS. The number of anilines is 2. The van der Waals surface area contributed by atoms with Crippen LogP contribution in [0.4, 0.5) is 20.2 Å². The molecule has 0 atom stereocenters. The number of thiocarbonyl (C=S) groups is 1. The predicted molar refractivity (Wildman–Crippen MR) is 120 cm³/mol. The minimum atomic E-state index is -2.81. The van der Waals surface area contributed by atoms with Crippen LogP contribution in [0.1, 0.15) is 49.3 Å². The fourth-order valence-corrected chi connectivity index (χ4v) is 4.67. The molecule has 2 aromatic carbocycles. The van der Waals surface area contributed by atoms with Gasteiger partial charge in [0.25, 0.3) is 6.43 Å². The van der Waals surface area contributed by atoms with Gasteiger partial charge in [0.05, 0.1) is 17.3 Å². The summed E-state index contributed by atoms with van der Waals surface area (Å²) in [4.78, 5) is 19.9. The maximum absolute atomic E-state index is 13.6. The summed E-state index contributed by atoms with van der Waals surface area (Å²) < 4.78 is 27.2. The van der Waals surface area contributed by atoms with Crippen LogP contribution in [0.3, 0.4) is 0 Å². The van der Waals surface area contributed by atoms with E-state index in [4.69, 9.17) is 12.2 Å². The zero-order valence-electron chi connectivity index (χ0n) is 17.1. The van der Waals surface area contributed by atoms with E-state index < -0.39 is 12.0 Å². The summed E-state index contributed by atoms with van der Waals surface area (Å²) in [6.45, 7) is 3.35. The van der Waals surface area contributed by atoms with Crippen LogP contribution in [-0.2, 0) is 4.79 Å². The maximum atomic E-state index is 13.6. The summed E-state index contributed by atoms with van der Waals surface area (Å²) in [5.74, 6) is 0.0595. The molecule has 4 rings (SSSR count).